The molecule has 0 radical (unpaired) electrons. The van der Waals surface area contributed by atoms with Crippen molar-refractivity contribution in [2.75, 3.05) is 0 Å². The number of hydrogen-bond acceptors (Lipinski definition) is 2. The fourth-order valence-corrected chi connectivity index (χ4v) is 2.32. The summed E-state index contributed by atoms with van der Waals surface area (Å²) in [6.45, 7) is 4.48. The van der Waals surface area contributed by atoms with E-state index in [9.17, 15) is 0 Å². The van der Waals surface area contributed by atoms with E-state index in [1.807, 2.05) is 71.6 Å². The van der Waals surface area contributed by atoms with Crippen molar-refractivity contribution in [3.63, 3.8) is 0 Å². The maximum atomic E-state index is 4.19. The van der Waals surface area contributed by atoms with Crippen LogP contribution in [0.1, 0.15) is 11.1 Å². The van der Waals surface area contributed by atoms with Crippen molar-refractivity contribution < 1.29 is 17.1 Å². The Hall–Kier alpha value is -2.68. The Kier molecular flexibility index (Phi) is 7.15. The smallest absolute Gasteiger partial charge is 0.287 e. The van der Waals surface area contributed by atoms with Crippen molar-refractivity contribution in [2.24, 2.45) is 0 Å². The van der Waals surface area contributed by atoms with Gasteiger partial charge in [0.15, 0.2) is 0 Å². The Bertz CT molecular complexity index is 824. The van der Waals surface area contributed by atoms with Crippen LogP contribution in [-0.2, 0) is 23.6 Å². The summed E-state index contributed by atoms with van der Waals surface area (Å²) in [5.41, 5.74) is 4.34. The molecule has 4 heteroatoms. The maximum absolute atomic E-state index is 4.19. The SMILES string of the molecule is C=Cc1ccc(Cn2cc(-[c-]3cccc3)nn2)cc1.[Fe+2].c1cc[cH-]c1. The third-order valence-electron chi connectivity index (χ3n) is 3.61. The summed E-state index contributed by atoms with van der Waals surface area (Å²) in [4.78, 5) is 0. The van der Waals surface area contributed by atoms with Gasteiger partial charge in [-0.1, -0.05) is 47.7 Å². The minimum Gasteiger partial charge on any atom is -0.287 e. The average molecular weight is 369 g/mol. The Balaban J connectivity index is 0.000000325. The molecule has 1 heterocycles. The molecule has 126 valence electrons. The molecule has 0 amide bonds. The van der Waals surface area contributed by atoms with Crippen molar-refractivity contribution in [2.45, 2.75) is 6.54 Å². The Morgan fingerprint density at radius 3 is 2.28 bits per heavy atom. The van der Waals surface area contributed by atoms with E-state index in [-0.39, 0.29) is 17.1 Å². The van der Waals surface area contributed by atoms with E-state index in [0.29, 0.717) is 0 Å². The summed E-state index contributed by atoms with van der Waals surface area (Å²) in [5.74, 6) is 0. The van der Waals surface area contributed by atoms with Gasteiger partial charge in [-0.3, -0.25) is 4.68 Å². The summed E-state index contributed by atoms with van der Waals surface area (Å²) < 4.78 is 1.85. The number of aromatic nitrogens is 3. The second-order valence-corrected chi connectivity index (χ2v) is 5.38. The van der Waals surface area contributed by atoms with Gasteiger partial charge in [-0.2, -0.15) is 35.4 Å². The van der Waals surface area contributed by atoms with Gasteiger partial charge in [0.25, 0.3) is 0 Å². The average Bonchev–Trinajstić information content (AvgIpc) is 3.38. The fourth-order valence-electron chi connectivity index (χ4n) is 2.32. The van der Waals surface area contributed by atoms with Crippen LogP contribution in [0.25, 0.3) is 17.3 Å². The molecule has 0 unspecified atom stereocenters. The first-order chi connectivity index (χ1) is 11.8. The molecule has 0 saturated heterocycles. The van der Waals surface area contributed by atoms with E-state index < -0.39 is 0 Å². The zero-order chi connectivity index (χ0) is 16.6. The molecule has 0 saturated carbocycles. The standard InChI is InChI=1S/C16H14N3.C5H5.Fe/c1-2-13-7-9-14(10-8-13)11-19-12-16(17-18-19)15-5-3-4-6-15;1-2-4-5-3-1;/h2-10,12H,1,11H2;1-5H;/q2*-1;+2. The first-order valence-electron chi connectivity index (χ1n) is 7.85. The summed E-state index contributed by atoms with van der Waals surface area (Å²) >= 11 is 0. The van der Waals surface area contributed by atoms with Gasteiger partial charge in [-0.15, -0.1) is 12.1 Å². The molecule has 0 spiro atoms. The third kappa shape index (κ3) is 5.42. The molecule has 0 atom stereocenters. The number of benzene rings is 1. The van der Waals surface area contributed by atoms with E-state index in [1.165, 1.54) is 5.56 Å². The van der Waals surface area contributed by atoms with Gasteiger partial charge in [0, 0.05) is 5.69 Å². The molecule has 3 nitrogen and oxygen atoms in total. The van der Waals surface area contributed by atoms with Crippen LogP contribution in [0.3, 0.4) is 0 Å². The molecule has 1 aromatic heterocycles. The molecule has 0 aliphatic rings. The number of rotatable bonds is 4. The molecule has 0 aliphatic carbocycles. The van der Waals surface area contributed by atoms with Crippen LogP contribution in [0.4, 0.5) is 0 Å². The van der Waals surface area contributed by atoms with Gasteiger partial charge in [0.05, 0.1) is 6.54 Å². The molecule has 0 fully saturated rings. The number of hydrogen-bond donors (Lipinski definition) is 0. The largest absolute Gasteiger partial charge is 2.00 e. The monoisotopic (exact) mass is 369 g/mol. The predicted molar refractivity (Wildman–Crippen MR) is 98.7 cm³/mol. The number of nitrogens with zero attached hydrogens (tertiary/aromatic N) is 3. The summed E-state index contributed by atoms with van der Waals surface area (Å²) in [6.07, 6.45) is 3.81. The molecular weight excluding hydrogens is 350 g/mol. The maximum Gasteiger partial charge on any atom is 2.00 e. The normalized spacial score (nSPS) is 9.60. The molecule has 0 bridgehead atoms. The minimum absolute atomic E-state index is 0. The first-order valence-corrected chi connectivity index (χ1v) is 7.85. The quantitative estimate of drug-likeness (QED) is 0.384. The van der Waals surface area contributed by atoms with Crippen LogP contribution >= 0.6 is 0 Å². The van der Waals surface area contributed by atoms with Gasteiger partial charge in [-0.05, 0) is 17.3 Å². The predicted octanol–water partition coefficient (Wildman–Crippen LogP) is 4.76. The molecular formula is C21H19FeN3. The molecule has 3 aromatic carbocycles. The second-order valence-electron chi connectivity index (χ2n) is 5.38. The Morgan fingerprint density at radius 2 is 1.72 bits per heavy atom. The molecule has 0 aliphatic heterocycles. The zero-order valence-electron chi connectivity index (χ0n) is 13.8. The van der Waals surface area contributed by atoms with Crippen LogP contribution in [0.15, 0.2) is 91.6 Å². The second kappa shape index (κ2) is 9.58. The Morgan fingerprint density at radius 1 is 1.04 bits per heavy atom. The van der Waals surface area contributed by atoms with Crippen molar-refractivity contribution >= 4 is 6.08 Å². The van der Waals surface area contributed by atoms with Crippen molar-refractivity contribution in [3.05, 3.63) is 103 Å². The van der Waals surface area contributed by atoms with E-state index >= 15 is 0 Å². The van der Waals surface area contributed by atoms with Gasteiger partial charge in [0.2, 0.25) is 0 Å². The van der Waals surface area contributed by atoms with Gasteiger partial charge < -0.3 is 0 Å². The third-order valence-corrected chi connectivity index (χ3v) is 3.61. The zero-order valence-corrected chi connectivity index (χ0v) is 14.9. The molecule has 0 N–H and O–H groups in total. The molecule has 4 aromatic rings. The first kappa shape index (κ1) is 18.7. The summed E-state index contributed by atoms with van der Waals surface area (Å²) in [7, 11) is 0. The summed E-state index contributed by atoms with van der Waals surface area (Å²) in [6, 6.07) is 26.3. The van der Waals surface area contributed by atoms with Crippen LogP contribution in [0.2, 0.25) is 0 Å². The van der Waals surface area contributed by atoms with Crippen molar-refractivity contribution in [3.8, 4) is 11.3 Å². The van der Waals surface area contributed by atoms with Crippen LogP contribution in [-0.4, -0.2) is 15.0 Å². The van der Waals surface area contributed by atoms with Gasteiger partial charge in [0.1, 0.15) is 0 Å². The summed E-state index contributed by atoms with van der Waals surface area (Å²) in [5, 5.41) is 8.34. The topological polar surface area (TPSA) is 30.7 Å². The van der Waals surface area contributed by atoms with E-state index in [0.717, 1.165) is 23.4 Å². The Labute approximate surface area is 158 Å². The van der Waals surface area contributed by atoms with Crippen LogP contribution < -0.4 is 0 Å². The van der Waals surface area contributed by atoms with E-state index in [4.69, 9.17) is 0 Å². The van der Waals surface area contributed by atoms with Gasteiger partial charge in [-0.25, -0.2) is 12.1 Å². The van der Waals surface area contributed by atoms with Crippen LogP contribution in [0, 0.1) is 0 Å². The molecule has 4 rings (SSSR count). The van der Waals surface area contributed by atoms with Crippen molar-refractivity contribution in [1.29, 1.82) is 0 Å². The van der Waals surface area contributed by atoms with E-state index in [1.54, 1.807) is 0 Å². The van der Waals surface area contributed by atoms with E-state index in [2.05, 4.69) is 41.2 Å². The fraction of sp³-hybridized carbons (Fsp3) is 0.0476. The molecule has 25 heavy (non-hydrogen) atoms. The van der Waals surface area contributed by atoms with Crippen molar-refractivity contribution in [1.82, 2.24) is 15.0 Å². The van der Waals surface area contributed by atoms with Crippen LogP contribution in [0.5, 0.6) is 0 Å². The minimum atomic E-state index is 0. The van der Waals surface area contributed by atoms with Gasteiger partial charge >= 0.3 is 17.1 Å².